The second-order valence-corrected chi connectivity index (χ2v) is 9.70. The van der Waals surface area contributed by atoms with E-state index in [0.29, 0.717) is 0 Å². The molecule has 2 saturated heterocycles. The molecule has 2 rings (SSSR count). The minimum Gasteiger partial charge on any atom is -0.862 e. The normalized spacial score (nSPS) is 36.3. The second-order valence-electron chi connectivity index (χ2n) is 9.70. The summed E-state index contributed by atoms with van der Waals surface area (Å²) < 4.78 is 15.8. The Morgan fingerprint density at radius 3 is 1.72 bits per heavy atom. The van der Waals surface area contributed by atoms with Gasteiger partial charge in [-0.15, -0.1) is 0 Å². The zero-order chi connectivity index (χ0) is 31.4. The molecule has 0 amide bonds. The van der Waals surface area contributed by atoms with Gasteiger partial charge in [0, 0.05) is 12.8 Å². The first-order chi connectivity index (χ1) is 18.9. The quantitative estimate of drug-likeness (QED) is 0.0535. The molecule has 0 aliphatic carbocycles. The molecule has 21 heteroatoms. The molecule has 0 saturated carbocycles. The van der Waals surface area contributed by atoms with Crippen LogP contribution in [0.1, 0.15) is 26.7 Å². The van der Waals surface area contributed by atoms with E-state index in [4.69, 9.17) is 14.2 Å². The first-order valence-electron chi connectivity index (χ1n) is 12.2. The Labute approximate surface area is 288 Å². The number of carbonyl (C=O) groups is 2. The largest absolute Gasteiger partial charge is 1.00 e. The molecule has 0 unspecified atom stereocenters. The van der Waals surface area contributed by atoms with Crippen LogP contribution in [0.25, 0.3) is 0 Å². The van der Waals surface area contributed by atoms with Crippen LogP contribution < -0.4 is 69.3 Å². The van der Waals surface area contributed by atoms with Gasteiger partial charge < -0.3 is 75.5 Å². The van der Waals surface area contributed by atoms with E-state index in [9.17, 15) is 70.9 Å². The Bertz CT molecular complexity index is 999. The standard InChI is InChI=1S/C22H36N2O17.2Na/c1-7(27)23-13-9(29)3-21(38,19(34)35)40-18(13)16(33)12(6-26)39-22(20(36)37)4-10(30)14(24-8(2)28)17(41-22)15(32)11(31)5-25;;/h9-18,25-26,29-33,38H,3-6H2,1-2H3,(H,23,27)(H,24,28)(H,34,35)(H,36,37);;/q;2*+1/p-2/t9-,10-,11+,12+,13+,14+,15+,16+,17+,18+,21-,22+;;/m0../s1. The van der Waals surface area contributed by atoms with Gasteiger partial charge in [-0.1, -0.05) is 0 Å². The van der Waals surface area contributed by atoms with Gasteiger partial charge in [0.2, 0.25) is 0 Å². The van der Waals surface area contributed by atoms with E-state index in [1.54, 1.807) is 0 Å². The minimum absolute atomic E-state index is 0. The van der Waals surface area contributed by atoms with Gasteiger partial charge in [-0.05, 0) is 25.6 Å². The third kappa shape index (κ3) is 9.96. The number of carboxylic acids is 2. The first kappa shape index (κ1) is 42.4. The van der Waals surface area contributed by atoms with E-state index < -0.39 is 122 Å². The number of rotatable bonds is 12. The number of aliphatic hydroxyl groups is 8. The molecular weight excluding hydrogens is 610 g/mol. The number of carboxylic acid groups (broad SMARTS) is 2. The van der Waals surface area contributed by atoms with Crippen LogP contribution in [0.3, 0.4) is 0 Å². The number of ether oxygens (including phenoxy) is 3. The summed E-state index contributed by atoms with van der Waals surface area (Å²) in [5.74, 6) is -12.0. The van der Waals surface area contributed by atoms with Crippen molar-refractivity contribution in [1.82, 2.24) is 0 Å². The van der Waals surface area contributed by atoms with E-state index >= 15 is 0 Å². The predicted octanol–water partition coefficient (Wildman–Crippen LogP) is -13.4. The van der Waals surface area contributed by atoms with Gasteiger partial charge in [0.1, 0.15) is 48.7 Å². The molecule has 0 aromatic carbocycles. The molecule has 0 aromatic rings. The summed E-state index contributed by atoms with van der Waals surface area (Å²) in [5.41, 5.74) is 0. The van der Waals surface area contributed by atoms with Crippen molar-refractivity contribution in [3.05, 3.63) is 0 Å². The molecule has 236 valence electrons. The molecule has 19 nitrogen and oxygen atoms in total. The minimum atomic E-state index is -3.12. The van der Waals surface area contributed by atoms with Crippen molar-refractivity contribution in [1.29, 1.82) is 0 Å². The van der Waals surface area contributed by atoms with Gasteiger partial charge >= 0.3 is 71.1 Å². The molecule has 43 heavy (non-hydrogen) atoms. The van der Waals surface area contributed by atoms with Crippen LogP contribution in [0.4, 0.5) is 0 Å². The van der Waals surface area contributed by atoms with Crippen molar-refractivity contribution < 1.29 is 144 Å². The summed E-state index contributed by atoms with van der Waals surface area (Å²) in [5, 5.41) is 125. The summed E-state index contributed by atoms with van der Waals surface area (Å²) >= 11 is 0. The van der Waals surface area contributed by atoms with E-state index in [0.717, 1.165) is 13.8 Å². The SMILES string of the molecule is CC([O-])=N[C@H]1[C@H]([C@H](O)[C@H](O)CO)O[C@@](O[C@H](CO)[C@@H](O)[C@@H]2O[C@](O)(C(=O)O)C[C@H](O)[C@H]2N=C(C)[O-])(C(=O)O)C[C@@H]1O.[Na+].[Na+]. The fourth-order valence-electron chi connectivity index (χ4n) is 4.60. The van der Waals surface area contributed by atoms with E-state index in [1.165, 1.54) is 0 Å². The van der Waals surface area contributed by atoms with Gasteiger partial charge in [0.25, 0.3) is 11.6 Å². The molecule has 2 aliphatic heterocycles. The molecule has 2 fully saturated rings. The van der Waals surface area contributed by atoms with E-state index in [2.05, 4.69) is 9.98 Å². The van der Waals surface area contributed by atoms with E-state index in [-0.39, 0.29) is 59.1 Å². The number of aliphatic hydroxyl groups excluding tert-OH is 7. The molecule has 12 atom stereocenters. The Morgan fingerprint density at radius 1 is 0.860 bits per heavy atom. The zero-order valence-electron chi connectivity index (χ0n) is 23.8. The Kier molecular flexibility index (Phi) is 17.2. The smallest absolute Gasteiger partial charge is 0.862 e. The number of hydrogen-bond acceptors (Lipinski definition) is 17. The van der Waals surface area contributed by atoms with Crippen LogP contribution >= 0.6 is 0 Å². The van der Waals surface area contributed by atoms with Gasteiger partial charge in [-0.25, -0.2) is 9.59 Å². The summed E-state index contributed by atoms with van der Waals surface area (Å²) in [6.07, 6.45) is -18.7. The van der Waals surface area contributed by atoms with Crippen LogP contribution in [0.15, 0.2) is 9.98 Å². The van der Waals surface area contributed by atoms with Gasteiger partial charge in [0.05, 0.1) is 25.4 Å². The van der Waals surface area contributed by atoms with Crippen molar-refractivity contribution in [3.63, 3.8) is 0 Å². The fourth-order valence-corrected chi connectivity index (χ4v) is 4.60. The van der Waals surface area contributed by atoms with Crippen LogP contribution in [-0.2, 0) is 23.8 Å². The summed E-state index contributed by atoms with van der Waals surface area (Å²) in [6.45, 7) is -0.444. The third-order valence-electron chi connectivity index (χ3n) is 6.56. The second kappa shape index (κ2) is 17.4. The molecule has 2 heterocycles. The van der Waals surface area contributed by atoms with Crippen molar-refractivity contribution in [3.8, 4) is 0 Å². The molecule has 0 bridgehead atoms. The van der Waals surface area contributed by atoms with E-state index in [1.807, 2.05) is 0 Å². The average Bonchev–Trinajstić information content (AvgIpc) is 2.88. The fraction of sp³-hybridized carbons (Fsp3) is 0.818. The number of nitrogens with zero attached hydrogens (tertiary/aromatic N) is 2. The van der Waals surface area contributed by atoms with Crippen LogP contribution in [0.2, 0.25) is 0 Å². The third-order valence-corrected chi connectivity index (χ3v) is 6.56. The maximum absolute atomic E-state index is 12.4. The van der Waals surface area contributed by atoms with Gasteiger partial charge in [0.15, 0.2) is 0 Å². The van der Waals surface area contributed by atoms with Crippen molar-refractivity contribution in [2.75, 3.05) is 13.2 Å². The molecule has 10 N–H and O–H groups in total. The van der Waals surface area contributed by atoms with Crippen molar-refractivity contribution in [2.24, 2.45) is 9.98 Å². The number of aliphatic imine (C=N–C) groups is 2. The molecule has 2 aliphatic rings. The monoisotopic (exact) mass is 644 g/mol. The molecule has 0 radical (unpaired) electrons. The zero-order valence-corrected chi connectivity index (χ0v) is 27.8. The Balaban J connectivity index is 0.00000882. The Hall–Kier alpha value is -0.560. The average molecular weight is 644 g/mol. The summed E-state index contributed by atoms with van der Waals surface area (Å²) in [4.78, 5) is 31.1. The maximum Gasteiger partial charge on any atom is 1.00 e. The maximum atomic E-state index is 12.4. The van der Waals surface area contributed by atoms with Crippen molar-refractivity contribution in [2.45, 2.75) is 99.2 Å². The van der Waals surface area contributed by atoms with Gasteiger partial charge in [-0.2, -0.15) is 0 Å². The van der Waals surface area contributed by atoms with Crippen LogP contribution in [-0.4, -0.2) is 161 Å². The summed E-state index contributed by atoms with van der Waals surface area (Å²) in [7, 11) is 0. The van der Waals surface area contributed by atoms with Gasteiger partial charge in [-0.3, -0.25) is 9.98 Å². The van der Waals surface area contributed by atoms with Crippen LogP contribution in [0, 0.1) is 0 Å². The predicted molar refractivity (Wildman–Crippen MR) is 125 cm³/mol. The topological polar surface area (TPSA) is 335 Å². The number of hydrogen-bond donors (Lipinski definition) is 10. The summed E-state index contributed by atoms with van der Waals surface area (Å²) in [6, 6.07) is -3.43. The Morgan fingerprint density at radius 2 is 1.33 bits per heavy atom. The van der Waals surface area contributed by atoms with Crippen molar-refractivity contribution >= 4 is 23.7 Å². The molecule has 0 aromatic heterocycles. The molecule has 0 spiro atoms. The number of aliphatic carboxylic acids is 2. The first-order valence-corrected chi connectivity index (χ1v) is 12.2. The van der Waals surface area contributed by atoms with Crippen LogP contribution in [0.5, 0.6) is 0 Å². The molecular formula is C22H34N2Na2O17.